The Morgan fingerprint density at radius 3 is 3.00 bits per heavy atom. The van der Waals surface area contributed by atoms with Crippen LogP contribution in [0.5, 0.6) is 0 Å². The van der Waals surface area contributed by atoms with Crippen LogP contribution in [0.15, 0.2) is 11.2 Å². The molecule has 0 spiro atoms. The Labute approximate surface area is 157 Å². The zero-order valence-corrected chi connectivity index (χ0v) is 16.7. The highest BCUT2D eigenvalue weighted by atomic mass is 127. The van der Waals surface area contributed by atoms with Crippen LogP contribution in [0.1, 0.15) is 28.0 Å². The van der Waals surface area contributed by atoms with Crippen molar-refractivity contribution in [2.45, 2.75) is 45.8 Å². The molecule has 2 aromatic rings. The van der Waals surface area contributed by atoms with E-state index < -0.39 is 0 Å². The molecule has 3 rings (SSSR count). The number of nitrogens with zero attached hydrogens (tertiary/aromatic N) is 5. The molecule has 3 heterocycles. The number of hydrogen-bond donors (Lipinski definition) is 2. The van der Waals surface area contributed by atoms with Crippen molar-refractivity contribution in [1.29, 1.82) is 0 Å². The van der Waals surface area contributed by atoms with Gasteiger partial charge in [-0.05, 0) is 20.3 Å². The van der Waals surface area contributed by atoms with E-state index >= 15 is 0 Å². The molecule has 126 valence electrons. The fourth-order valence-electron chi connectivity index (χ4n) is 2.58. The lowest BCUT2D eigenvalue weighted by Gasteiger charge is -2.25. The monoisotopic (exact) mass is 447 g/mol. The van der Waals surface area contributed by atoms with Crippen LogP contribution < -0.4 is 10.6 Å². The number of aryl methyl sites for hydroxylation is 3. The molecule has 2 N–H and O–H groups in total. The standard InChI is InChI=1S/C14H21N7S.HI/c1-9-6-16-13(22-9)7-17-14(15-3)19-11-4-5-12-18-10(2)20-21(12)8-11;/h6,11H,4-5,7-8H2,1-3H3,(H2,15,17,19);1H. The highest BCUT2D eigenvalue weighted by Crippen LogP contribution is 2.13. The summed E-state index contributed by atoms with van der Waals surface area (Å²) in [6.45, 7) is 5.52. The Morgan fingerprint density at radius 1 is 1.48 bits per heavy atom. The molecule has 0 saturated carbocycles. The van der Waals surface area contributed by atoms with E-state index in [4.69, 9.17) is 0 Å². The smallest absolute Gasteiger partial charge is 0.191 e. The van der Waals surface area contributed by atoms with E-state index in [0.29, 0.717) is 12.6 Å². The first-order valence-corrected chi connectivity index (χ1v) is 8.24. The van der Waals surface area contributed by atoms with Crippen molar-refractivity contribution in [1.82, 2.24) is 30.4 Å². The SMILES string of the molecule is CN=C(NCc1ncc(C)s1)NC1CCc2nc(C)nn2C1.I. The molecule has 0 fully saturated rings. The molecule has 1 aliphatic rings. The quantitative estimate of drug-likeness (QED) is 0.425. The minimum Gasteiger partial charge on any atom is -0.352 e. The summed E-state index contributed by atoms with van der Waals surface area (Å²) < 4.78 is 1.99. The first-order valence-electron chi connectivity index (χ1n) is 7.43. The fraction of sp³-hybridized carbons (Fsp3) is 0.571. The van der Waals surface area contributed by atoms with Gasteiger partial charge in [-0.15, -0.1) is 35.3 Å². The molecule has 0 radical (unpaired) electrons. The third-order valence-corrected chi connectivity index (χ3v) is 4.52. The molecule has 23 heavy (non-hydrogen) atoms. The van der Waals surface area contributed by atoms with Crippen LogP contribution in [-0.2, 0) is 19.5 Å². The molecular weight excluding hydrogens is 425 g/mol. The van der Waals surface area contributed by atoms with E-state index in [1.807, 2.05) is 17.8 Å². The van der Waals surface area contributed by atoms with Crippen molar-refractivity contribution in [3.8, 4) is 0 Å². The summed E-state index contributed by atoms with van der Waals surface area (Å²) in [5.74, 6) is 2.73. The van der Waals surface area contributed by atoms with E-state index in [-0.39, 0.29) is 24.0 Å². The number of aliphatic imine (C=N–C) groups is 1. The van der Waals surface area contributed by atoms with Crippen LogP contribution in [0.3, 0.4) is 0 Å². The Balaban J connectivity index is 0.00000192. The summed E-state index contributed by atoms with van der Waals surface area (Å²) in [6, 6.07) is 0.317. The van der Waals surface area contributed by atoms with Gasteiger partial charge >= 0.3 is 0 Å². The zero-order chi connectivity index (χ0) is 15.5. The van der Waals surface area contributed by atoms with Gasteiger partial charge in [0.25, 0.3) is 0 Å². The number of hydrogen-bond acceptors (Lipinski definition) is 5. The average Bonchev–Trinajstić information content (AvgIpc) is 3.07. The van der Waals surface area contributed by atoms with Gasteiger partial charge in [0.15, 0.2) is 5.96 Å². The Bertz CT molecular complexity index is 678. The number of guanidine groups is 1. The van der Waals surface area contributed by atoms with Gasteiger partial charge in [-0.2, -0.15) is 5.10 Å². The molecule has 1 unspecified atom stereocenters. The maximum atomic E-state index is 4.43. The minimum atomic E-state index is 0. The predicted octanol–water partition coefficient (Wildman–Crippen LogP) is 1.65. The number of nitrogens with one attached hydrogen (secondary N) is 2. The maximum Gasteiger partial charge on any atom is 0.191 e. The van der Waals surface area contributed by atoms with Crippen molar-refractivity contribution < 1.29 is 0 Å². The van der Waals surface area contributed by atoms with Gasteiger partial charge in [-0.25, -0.2) is 14.6 Å². The molecule has 9 heteroatoms. The minimum absolute atomic E-state index is 0. The van der Waals surface area contributed by atoms with Gasteiger partial charge in [0.1, 0.15) is 16.7 Å². The predicted molar refractivity (Wildman–Crippen MR) is 102 cm³/mol. The van der Waals surface area contributed by atoms with Crippen LogP contribution in [0, 0.1) is 13.8 Å². The summed E-state index contributed by atoms with van der Waals surface area (Å²) in [4.78, 5) is 14.3. The van der Waals surface area contributed by atoms with Crippen molar-refractivity contribution in [3.63, 3.8) is 0 Å². The number of rotatable bonds is 3. The largest absolute Gasteiger partial charge is 0.352 e. The second kappa shape index (κ2) is 8.04. The van der Waals surface area contributed by atoms with Crippen LogP contribution in [0.2, 0.25) is 0 Å². The highest BCUT2D eigenvalue weighted by molar-refractivity contribution is 14.0. The lowest BCUT2D eigenvalue weighted by atomic mass is 10.1. The molecule has 1 aliphatic heterocycles. The fourth-order valence-corrected chi connectivity index (χ4v) is 3.31. The number of thiazole rings is 1. The van der Waals surface area contributed by atoms with E-state index in [1.54, 1.807) is 18.4 Å². The summed E-state index contributed by atoms with van der Waals surface area (Å²) in [5, 5.41) is 12.3. The lowest BCUT2D eigenvalue weighted by Crippen LogP contribution is -2.46. The summed E-state index contributed by atoms with van der Waals surface area (Å²) in [6.07, 6.45) is 3.88. The van der Waals surface area contributed by atoms with Crippen molar-refractivity contribution in [2.24, 2.45) is 4.99 Å². The average molecular weight is 447 g/mol. The molecule has 1 atom stereocenters. The van der Waals surface area contributed by atoms with Gasteiger partial charge in [-0.3, -0.25) is 4.99 Å². The summed E-state index contributed by atoms with van der Waals surface area (Å²) in [5.41, 5.74) is 0. The third kappa shape index (κ3) is 4.63. The van der Waals surface area contributed by atoms with Crippen LogP contribution in [0.25, 0.3) is 0 Å². The lowest BCUT2D eigenvalue weighted by molar-refractivity contribution is 0.392. The van der Waals surface area contributed by atoms with E-state index in [9.17, 15) is 0 Å². The van der Waals surface area contributed by atoms with Crippen molar-refractivity contribution >= 4 is 41.3 Å². The van der Waals surface area contributed by atoms with Gasteiger partial charge in [-0.1, -0.05) is 0 Å². The topological polar surface area (TPSA) is 80.0 Å². The van der Waals surface area contributed by atoms with Gasteiger partial charge in [0.2, 0.25) is 0 Å². The molecular formula is C14H22IN7S. The molecule has 0 saturated heterocycles. The molecule has 7 nitrogen and oxygen atoms in total. The first kappa shape index (κ1) is 18.1. The zero-order valence-electron chi connectivity index (χ0n) is 13.5. The normalized spacial score (nSPS) is 17.3. The molecule has 0 bridgehead atoms. The highest BCUT2D eigenvalue weighted by Gasteiger charge is 2.21. The van der Waals surface area contributed by atoms with Crippen LogP contribution in [-0.4, -0.2) is 38.8 Å². The number of halogens is 1. The summed E-state index contributed by atoms with van der Waals surface area (Å²) in [7, 11) is 1.79. The van der Waals surface area contributed by atoms with Gasteiger partial charge in [0.05, 0.1) is 13.1 Å². The summed E-state index contributed by atoms with van der Waals surface area (Å²) >= 11 is 1.70. The molecule has 0 aliphatic carbocycles. The first-order chi connectivity index (χ1) is 10.6. The van der Waals surface area contributed by atoms with E-state index in [2.05, 4.69) is 37.6 Å². The maximum absolute atomic E-state index is 4.43. The molecule has 0 amide bonds. The van der Waals surface area contributed by atoms with E-state index in [1.165, 1.54) is 4.88 Å². The second-order valence-corrected chi connectivity index (χ2v) is 6.75. The molecule has 0 aromatic carbocycles. The Morgan fingerprint density at radius 2 is 2.30 bits per heavy atom. The van der Waals surface area contributed by atoms with Gasteiger partial charge < -0.3 is 10.6 Å². The van der Waals surface area contributed by atoms with Crippen molar-refractivity contribution in [3.05, 3.63) is 27.7 Å². The van der Waals surface area contributed by atoms with Gasteiger partial charge in [0, 0.05) is 30.6 Å². The molecule has 2 aromatic heterocycles. The Kier molecular flexibility index (Phi) is 6.33. The van der Waals surface area contributed by atoms with Crippen LogP contribution >= 0.6 is 35.3 Å². The van der Waals surface area contributed by atoms with Crippen molar-refractivity contribution in [2.75, 3.05) is 7.05 Å². The van der Waals surface area contributed by atoms with Crippen LogP contribution in [0.4, 0.5) is 0 Å². The Hall–Kier alpha value is -1.23. The second-order valence-electron chi connectivity index (χ2n) is 5.43. The number of fused-ring (bicyclic) bond motifs is 1. The number of aromatic nitrogens is 4. The third-order valence-electron chi connectivity index (χ3n) is 3.60. The van der Waals surface area contributed by atoms with E-state index in [0.717, 1.165) is 42.0 Å².